The third-order valence-electron chi connectivity index (χ3n) is 2.15. The molecule has 1 amide bonds. The fraction of sp³-hybridized carbons (Fsp3) is 0.0909. The summed E-state index contributed by atoms with van der Waals surface area (Å²) in [6.45, 7) is 0.351. The largest absolute Gasteiger partial charge is 0.347 e. The lowest BCUT2D eigenvalue weighted by Crippen LogP contribution is -2.23. The second-order valence-corrected chi connectivity index (χ2v) is 5.58. The highest BCUT2D eigenvalue weighted by Crippen LogP contribution is 2.22. The van der Waals surface area contributed by atoms with Gasteiger partial charge in [0.05, 0.1) is 18.3 Å². The summed E-state index contributed by atoms with van der Waals surface area (Å²) in [7, 11) is 0. The second-order valence-electron chi connectivity index (χ2n) is 3.37. The molecule has 0 saturated heterocycles. The van der Waals surface area contributed by atoms with E-state index in [0.29, 0.717) is 6.54 Å². The smallest absolute Gasteiger partial charge is 0.254 e. The van der Waals surface area contributed by atoms with Gasteiger partial charge >= 0.3 is 0 Å². The quantitative estimate of drug-likeness (QED) is 0.860. The SMILES string of the molecule is O=C(NCc1sccc1Br)c1cc(F)cnc1Cl. The van der Waals surface area contributed by atoms with Gasteiger partial charge in [-0.1, -0.05) is 11.6 Å². The number of nitrogens with one attached hydrogen (secondary N) is 1. The van der Waals surface area contributed by atoms with E-state index in [1.807, 2.05) is 11.4 Å². The van der Waals surface area contributed by atoms with Gasteiger partial charge in [0, 0.05) is 9.35 Å². The standard InChI is InChI=1S/C11H7BrClFN2OS/c12-8-1-2-18-9(8)5-16-11(17)7-3-6(14)4-15-10(7)13/h1-4H,5H2,(H,16,17). The van der Waals surface area contributed by atoms with E-state index in [1.165, 1.54) is 11.3 Å². The average molecular weight is 350 g/mol. The summed E-state index contributed by atoms with van der Waals surface area (Å²) in [5.74, 6) is -1.05. The van der Waals surface area contributed by atoms with Crippen LogP contribution in [0.2, 0.25) is 5.15 Å². The van der Waals surface area contributed by atoms with E-state index in [4.69, 9.17) is 11.6 Å². The number of pyridine rings is 1. The van der Waals surface area contributed by atoms with Crippen molar-refractivity contribution >= 4 is 44.8 Å². The highest BCUT2D eigenvalue weighted by molar-refractivity contribution is 9.10. The van der Waals surface area contributed by atoms with Gasteiger partial charge in [-0.15, -0.1) is 11.3 Å². The Morgan fingerprint density at radius 3 is 3.06 bits per heavy atom. The van der Waals surface area contributed by atoms with Crippen LogP contribution in [0.5, 0.6) is 0 Å². The van der Waals surface area contributed by atoms with Crippen molar-refractivity contribution in [3.63, 3.8) is 0 Å². The highest BCUT2D eigenvalue weighted by Gasteiger charge is 2.13. The molecule has 2 rings (SSSR count). The van der Waals surface area contributed by atoms with Crippen LogP contribution in [0.1, 0.15) is 15.2 Å². The molecule has 18 heavy (non-hydrogen) atoms. The Morgan fingerprint density at radius 2 is 2.39 bits per heavy atom. The van der Waals surface area contributed by atoms with Crippen molar-refractivity contribution in [3.8, 4) is 0 Å². The molecular weight excluding hydrogens is 343 g/mol. The highest BCUT2D eigenvalue weighted by atomic mass is 79.9. The molecule has 2 aromatic rings. The predicted molar refractivity (Wildman–Crippen MR) is 72.4 cm³/mol. The molecule has 0 unspecified atom stereocenters. The molecule has 3 nitrogen and oxygen atoms in total. The Morgan fingerprint density at radius 1 is 1.61 bits per heavy atom. The topological polar surface area (TPSA) is 42.0 Å². The summed E-state index contributed by atoms with van der Waals surface area (Å²) in [4.78, 5) is 16.4. The molecule has 1 N–H and O–H groups in total. The first-order valence-electron chi connectivity index (χ1n) is 4.89. The summed E-state index contributed by atoms with van der Waals surface area (Å²) >= 11 is 10.6. The average Bonchev–Trinajstić information content (AvgIpc) is 2.75. The number of nitrogens with zero attached hydrogens (tertiary/aromatic N) is 1. The van der Waals surface area contributed by atoms with Gasteiger partial charge in [0.15, 0.2) is 0 Å². The van der Waals surface area contributed by atoms with Crippen LogP contribution in [0.3, 0.4) is 0 Å². The van der Waals surface area contributed by atoms with Crippen molar-refractivity contribution in [2.45, 2.75) is 6.54 Å². The van der Waals surface area contributed by atoms with Crippen molar-refractivity contribution in [1.29, 1.82) is 0 Å². The van der Waals surface area contributed by atoms with E-state index in [-0.39, 0.29) is 10.7 Å². The van der Waals surface area contributed by atoms with Gasteiger partial charge in [-0.05, 0) is 33.4 Å². The molecule has 0 aliphatic heterocycles. The monoisotopic (exact) mass is 348 g/mol. The maximum absolute atomic E-state index is 13.0. The van der Waals surface area contributed by atoms with E-state index >= 15 is 0 Å². The summed E-state index contributed by atoms with van der Waals surface area (Å²) < 4.78 is 13.9. The first kappa shape index (κ1) is 13.5. The lowest BCUT2D eigenvalue weighted by atomic mass is 10.2. The minimum Gasteiger partial charge on any atom is -0.347 e. The zero-order valence-corrected chi connectivity index (χ0v) is 12.1. The van der Waals surface area contributed by atoms with E-state index < -0.39 is 11.7 Å². The minimum atomic E-state index is -0.596. The molecular formula is C11H7BrClFN2OS. The van der Waals surface area contributed by atoms with Crippen LogP contribution < -0.4 is 5.32 Å². The summed E-state index contributed by atoms with van der Waals surface area (Å²) in [5.41, 5.74) is 0.0318. The first-order valence-corrected chi connectivity index (χ1v) is 6.94. The van der Waals surface area contributed by atoms with Gasteiger partial charge in [-0.2, -0.15) is 0 Å². The van der Waals surface area contributed by atoms with E-state index in [2.05, 4.69) is 26.2 Å². The van der Waals surface area contributed by atoms with E-state index in [0.717, 1.165) is 21.6 Å². The lowest BCUT2D eigenvalue weighted by Gasteiger charge is -2.05. The Balaban J connectivity index is 2.08. The number of amides is 1. The van der Waals surface area contributed by atoms with Crippen molar-refractivity contribution in [2.24, 2.45) is 0 Å². The molecule has 0 fully saturated rings. The van der Waals surface area contributed by atoms with Crippen LogP contribution in [0.25, 0.3) is 0 Å². The molecule has 0 atom stereocenters. The van der Waals surface area contributed by atoms with Gasteiger partial charge in [0.2, 0.25) is 0 Å². The maximum atomic E-state index is 13.0. The van der Waals surface area contributed by atoms with E-state index in [1.54, 1.807) is 0 Å². The fourth-order valence-electron chi connectivity index (χ4n) is 1.29. The second kappa shape index (κ2) is 5.77. The van der Waals surface area contributed by atoms with Crippen LogP contribution in [-0.4, -0.2) is 10.9 Å². The number of thiophene rings is 1. The normalized spacial score (nSPS) is 10.4. The summed E-state index contributed by atoms with van der Waals surface area (Å²) in [6, 6.07) is 2.96. The Bertz CT molecular complexity index is 590. The van der Waals surface area contributed by atoms with Gasteiger partial charge in [0.25, 0.3) is 5.91 Å². The molecule has 0 aliphatic rings. The number of rotatable bonds is 3. The molecule has 0 radical (unpaired) electrons. The van der Waals surface area contributed by atoms with Crippen molar-refractivity contribution in [1.82, 2.24) is 10.3 Å². The third-order valence-corrected chi connectivity index (χ3v) is 4.38. The number of halogens is 3. The summed E-state index contributed by atoms with van der Waals surface area (Å²) in [5, 5.41) is 4.55. The van der Waals surface area contributed by atoms with Gasteiger partial charge < -0.3 is 5.32 Å². The van der Waals surface area contributed by atoms with Gasteiger partial charge in [-0.3, -0.25) is 4.79 Å². The molecule has 94 valence electrons. The number of hydrogen-bond donors (Lipinski definition) is 1. The fourth-order valence-corrected chi connectivity index (χ4v) is 2.91. The van der Waals surface area contributed by atoms with Crippen LogP contribution in [0.15, 0.2) is 28.2 Å². The molecule has 2 heterocycles. The van der Waals surface area contributed by atoms with Gasteiger partial charge in [-0.25, -0.2) is 9.37 Å². The predicted octanol–water partition coefficient (Wildman–Crippen LogP) is 3.63. The van der Waals surface area contributed by atoms with Crippen LogP contribution in [-0.2, 0) is 6.54 Å². The van der Waals surface area contributed by atoms with Crippen LogP contribution >= 0.6 is 38.9 Å². The minimum absolute atomic E-state index is 0.0147. The van der Waals surface area contributed by atoms with E-state index in [9.17, 15) is 9.18 Å². The molecule has 0 saturated carbocycles. The lowest BCUT2D eigenvalue weighted by molar-refractivity contribution is 0.0950. The first-order chi connectivity index (χ1) is 8.58. The summed E-state index contributed by atoms with van der Waals surface area (Å²) in [6.07, 6.45) is 0.967. The number of carbonyl (C=O) groups is 1. The van der Waals surface area contributed by atoms with Crippen molar-refractivity contribution in [3.05, 3.63) is 49.6 Å². The molecule has 0 aromatic carbocycles. The third kappa shape index (κ3) is 3.07. The number of hydrogen-bond acceptors (Lipinski definition) is 3. The van der Waals surface area contributed by atoms with Gasteiger partial charge in [0.1, 0.15) is 11.0 Å². The maximum Gasteiger partial charge on any atom is 0.254 e. The van der Waals surface area contributed by atoms with Crippen molar-refractivity contribution in [2.75, 3.05) is 0 Å². The Kier molecular flexibility index (Phi) is 4.31. The molecule has 0 spiro atoms. The molecule has 0 aliphatic carbocycles. The Labute approximate surface area is 120 Å². The van der Waals surface area contributed by atoms with Crippen molar-refractivity contribution < 1.29 is 9.18 Å². The van der Waals surface area contributed by atoms with Crippen LogP contribution in [0.4, 0.5) is 4.39 Å². The number of carbonyl (C=O) groups excluding carboxylic acids is 1. The molecule has 2 aromatic heterocycles. The zero-order valence-electron chi connectivity index (χ0n) is 8.91. The Hall–Kier alpha value is -0.980. The van der Waals surface area contributed by atoms with Crippen LogP contribution in [0, 0.1) is 5.82 Å². The molecule has 7 heteroatoms. The molecule has 0 bridgehead atoms. The zero-order chi connectivity index (χ0) is 13.1. The number of aromatic nitrogens is 1.